The van der Waals surface area contributed by atoms with Crippen molar-refractivity contribution in [1.29, 1.82) is 0 Å². The molecule has 0 bridgehead atoms. The van der Waals surface area contributed by atoms with E-state index in [0.29, 0.717) is 13.1 Å². The molecule has 1 rings (SSSR count). The molecule has 1 aromatic rings. The lowest BCUT2D eigenvalue weighted by atomic mass is 10.2. The van der Waals surface area contributed by atoms with Crippen LogP contribution in [0, 0.1) is 0 Å². The van der Waals surface area contributed by atoms with E-state index >= 15 is 0 Å². The molecule has 0 fully saturated rings. The van der Waals surface area contributed by atoms with Gasteiger partial charge >= 0.3 is 0 Å². The predicted octanol–water partition coefficient (Wildman–Crippen LogP) is 1.02. The van der Waals surface area contributed by atoms with Gasteiger partial charge in [-0.2, -0.15) is 0 Å². The Kier molecular flexibility index (Phi) is 7.25. The van der Waals surface area contributed by atoms with Crippen molar-refractivity contribution < 1.29 is 14.4 Å². The minimum atomic E-state index is -0.572. The molecule has 23 heavy (non-hydrogen) atoms. The quantitative estimate of drug-likeness (QED) is 0.816. The third-order valence-electron chi connectivity index (χ3n) is 3.46. The minimum Gasteiger partial charge on any atom is -0.347 e. The maximum atomic E-state index is 11.9. The number of nitrogens with zero attached hydrogens (tertiary/aromatic N) is 2. The zero-order valence-corrected chi connectivity index (χ0v) is 14.2. The van der Waals surface area contributed by atoms with Gasteiger partial charge in [-0.3, -0.25) is 14.4 Å². The number of carbonyl (C=O) groups excluding carboxylic acids is 3. The SMILES string of the molecule is CC(=O)N(CCC(=O)N[C@@H](C)C(=O)N(C)C)Cc1ccccc1. The van der Waals surface area contributed by atoms with Gasteiger partial charge in [0.2, 0.25) is 17.7 Å². The van der Waals surface area contributed by atoms with Crippen molar-refractivity contribution in [3.05, 3.63) is 35.9 Å². The maximum absolute atomic E-state index is 11.9. The van der Waals surface area contributed by atoms with Crippen LogP contribution in [0.5, 0.6) is 0 Å². The first kappa shape index (κ1) is 18.7. The van der Waals surface area contributed by atoms with Gasteiger partial charge in [-0.15, -0.1) is 0 Å². The molecule has 0 aromatic heterocycles. The van der Waals surface area contributed by atoms with Crippen LogP contribution in [0.4, 0.5) is 0 Å². The van der Waals surface area contributed by atoms with Crippen molar-refractivity contribution >= 4 is 17.7 Å². The monoisotopic (exact) mass is 319 g/mol. The van der Waals surface area contributed by atoms with Crippen molar-refractivity contribution in [1.82, 2.24) is 15.1 Å². The first-order valence-corrected chi connectivity index (χ1v) is 7.61. The Morgan fingerprint density at radius 2 is 1.74 bits per heavy atom. The zero-order chi connectivity index (χ0) is 17.4. The van der Waals surface area contributed by atoms with Crippen molar-refractivity contribution in [3.8, 4) is 0 Å². The molecule has 1 N–H and O–H groups in total. The molecule has 6 heteroatoms. The van der Waals surface area contributed by atoms with Crippen LogP contribution in [-0.4, -0.2) is 54.2 Å². The van der Waals surface area contributed by atoms with Gasteiger partial charge in [0.25, 0.3) is 0 Å². The zero-order valence-electron chi connectivity index (χ0n) is 14.2. The number of amides is 3. The summed E-state index contributed by atoms with van der Waals surface area (Å²) < 4.78 is 0. The van der Waals surface area contributed by atoms with Crippen LogP contribution in [0.2, 0.25) is 0 Å². The Morgan fingerprint density at radius 3 is 2.26 bits per heavy atom. The molecule has 3 amide bonds. The molecule has 1 atom stereocenters. The summed E-state index contributed by atoms with van der Waals surface area (Å²) >= 11 is 0. The predicted molar refractivity (Wildman–Crippen MR) is 88.4 cm³/mol. The topological polar surface area (TPSA) is 69.7 Å². The summed E-state index contributed by atoms with van der Waals surface area (Å²) in [5, 5.41) is 2.65. The van der Waals surface area contributed by atoms with Crippen molar-refractivity contribution in [3.63, 3.8) is 0 Å². The van der Waals surface area contributed by atoms with Crippen LogP contribution < -0.4 is 5.32 Å². The molecular formula is C17H25N3O3. The molecule has 0 aliphatic heterocycles. The first-order chi connectivity index (χ1) is 10.8. The molecule has 0 aliphatic rings. The molecule has 0 heterocycles. The average molecular weight is 319 g/mol. The molecule has 0 saturated carbocycles. The summed E-state index contributed by atoms with van der Waals surface area (Å²) in [5.41, 5.74) is 1.01. The molecular weight excluding hydrogens is 294 g/mol. The van der Waals surface area contributed by atoms with Crippen LogP contribution in [0.3, 0.4) is 0 Å². The summed E-state index contributed by atoms with van der Waals surface area (Å²) in [6.45, 7) is 3.92. The summed E-state index contributed by atoms with van der Waals surface area (Å²) in [5.74, 6) is -0.489. The van der Waals surface area contributed by atoms with Crippen LogP contribution >= 0.6 is 0 Å². The van der Waals surface area contributed by atoms with E-state index in [1.165, 1.54) is 11.8 Å². The van der Waals surface area contributed by atoms with E-state index in [4.69, 9.17) is 0 Å². The number of hydrogen-bond acceptors (Lipinski definition) is 3. The first-order valence-electron chi connectivity index (χ1n) is 7.61. The van der Waals surface area contributed by atoms with E-state index in [2.05, 4.69) is 5.32 Å². The van der Waals surface area contributed by atoms with Gasteiger partial charge in [0.15, 0.2) is 0 Å². The molecule has 0 spiro atoms. The lowest BCUT2D eigenvalue weighted by molar-refractivity contribution is -0.134. The van der Waals surface area contributed by atoms with Gasteiger partial charge in [0.1, 0.15) is 6.04 Å². The highest BCUT2D eigenvalue weighted by atomic mass is 16.2. The molecule has 126 valence electrons. The van der Waals surface area contributed by atoms with Gasteiger partial charge in [-0.05, 0) is 12.5 Å². The number of hydrogen-bond donors (Lipinski definition) is 1. The van der Waals surface area contributed by atoms with Crippen molar-refractivity contribution in [2.75, 3.05) is 20.6 Å². The fourth-order valence-electron chi connectivity index (χ4n) is 2.15. The standard InChI is InChI=1S/C17H25N3O3/c1-13(17(23)19(3)4)18-16(22)10-11-20(14(2)21)12-15-8-6-5-7-9-15/h5-9,13H,10-12H2,1-4H3,(H,18,22)/t13-/m0/s1. The van der Waals surface area contributed by atoms with Crippen molar-refractivity contribution in [2.24, 2.45) is 0 Å². The lowest BCUT2D eigenvalue weighted by Crippen LogP contribution is -2.45. The number of likely N-dealkylation sites (N-methyl/N-ethyl adjacent to an activating group) is 1. The fourth-order valence-corrected chi connectivity index (χ4v) is 2.15. The Hall–Kier alpha value is -2.37. The molecule has 0 saturated heterocycles. The highest BCUT2D eigenvalue weighted by Crippen LogP contribution is 2.05. The van der Waals surface area contributed by atoms with Crippen LogP contribution in [0.15, 0.2) is 30.3 Å². The normalized spacial score (nSPS) is 11.5. The summed E-state index contributed by atoms with van der Waals surface area (Å²) in [6, 6.07) is 9.04. The number of carbonyl (C=O) groups is 3. The molecule has 0 radical (unpaired) electrons. The Bertz CT molecular complexity index is 543. The third kappa shape index (κ3) is 6.50. The van der Waals surface area contributed by atoms with E-state index in [1.807, 2.05) is 30.3 Å². The number of rotatable bonds is 7. The molecule has 6 nitrogen and oxygen atoms in total. The summed E-state index contributed by atoms with van der Waals surface area (Å²) in [6.07, 6.45) is 0.164. The van der Waals surface area contributed by atoms with E-state index in [1.54, 1.807) is 25.9 Å². The van der Waals surface area contributed by atoms with E-state index in [9.17, 15) is 14.4 Å². The Morgan fingerprint density at radius 1 is 1.13 bits per heavy atom. The Labute approximate surface area is 137 Å². The molecule has 1 aromatic carbocycles. The van der Waals surface area contributed by atoms with Crippen LogP contribution in [0.25, 0.3) is 0 Å². The second-order valence-electron chi connectivity index (χ2n) is 5.70. The van der Waals surface area contributed by atoms with Gasteiger partial charge in [0, 0.05) is 40.5 Å². The maximum Gasteiger partial charge on any atom is 0.244 e. The van der Waals surface area contributed by atoms with E-state index < -0.39 is 6.04 Å². The number of nitrogens with one attached hydrogen (secondary N) is 1. The average Bonchev–Trinajstić information content (AvgIpc) is 2.51. The van der Waals surface area contributed by atoms with Gasteiger partial charge < -0.3 is 15.1 Å². The van der Waals surface area contributed by atoms with Gasteiger partial charge in [0.05, 0.1) is 0 Å². The highest BCUT2D eigenvalue weighted by molar-refractivity contribution is 5.87. The largest absolute Gasteiger partial charge is 0.347 e. The van der Waals surface area contributed by atoms with Gasteiger partial charge in [-0.1, -0.05) is 30.3 Å². The minimum absolute atomic E-state index is 0.0842. The molecule has 0 unspecified atom stereocenters. The second kappa shape index (κ2) is 8.92. The van der Waals surface area contributed by atoms with E-state index in [0.717, 1.165) is 5.56 Å². The van der Waals surface area contributed by atoms with Gasteiger partial charge in [-0.25, -0.2) is 0 Å². The third-order valence-corrected chi connectivity index (χ3v) is 3.46. The fraction of sp³-hybridized carbons (Fsp3) is 0.471. The van der Waals surface area contributed by atoms with Crippen LogP contribution in [0.1, 0.15) is 25.8 Å². The summed E-state index contributed by atoms with van der Waals surface area (Å²) in [7, 11) is 3.28. The smallest absolute Gasteiger partial charge is 0.244 e. The van der Waals surface area contributed by atoms with Crippen LogP contribution in [-0.2, 0) is 20.9 Å². The van der Waals surface area contributed by atoms with E-state index in [-0.39, 0.29) is 24.1 Å². The van der Waals surface area contributed by atoms with Crippen molar-refractivity contribution in [2.45, 2.75) is 32.9 Å². The second-order valence-corrected chi connectivity index (χ2v) is 5.70. The molecule has 0 aliphatic carbocycles. The highest BCUT2D eigenvalue weighted by Gasteiger charge is 2.18. The lowest BCUT2D eigenvalue weighted by Gasteiger charge is -2.22. The Balaban J connectivity index is 2.50. The summed E-state index contributed by atoms with van der Waals surface area (Å²) in [4.78, 5) is 38.4. The number of benzene rings is 1.